The van der Waals surface area contributed by atoms with E-state index in [0.29, 0.717) is 113 Å². The lowest BCUT2D eigenvalue weighted by Gasteiger charge is -2.56. The summed E-state index contributed by atoms with van der Waals surface area (Å²) in [6, 6.07) is 0. The Bertz CT molecular complexity index is 4000. The molecule has 0 heterocycles. The van der Waals surface area contributed by atoms with Crippen LogP contribution >= 0.6 is 0 Å². The van der Waals surface area contributed by atoms with E-state index in [1.165, 1.54) is 89.2 Å². The van der Waals surface area contributed by atoms with Crippen LogP contribution in [0.3, 0.4) is 0 Å². The summed E-state index contributed by atoms with van der Waals surface area (Å²) in [5.41, 5.74) is 21.0. The molecule has 0 amide bonds. The number of nitrogens with zero attached hydrogens (tertiary/aromatic N) is 3. The van der Waals surface area contributed by atoms with Crippen LogP contribution in [0.25, 0.3) is 10.4 Å². The Morgan fingerprint density at radius 1 is 0.425 bits per heavy atom. The van der Waals surface area contributed by atoms with Crippen molar-refractivity contribution in [3.05, 3.63) is 59.1 Å². The average Bonchev–Trinajstić information content (AvgIpc) is 1.49. The summed E-state index contributed by atoms with van der Waals surface area (Å²) in [5.74, 6) is 3.24. The topological polar surface area (TPSA) is 365 Å². The van der Waals surface area contributed by atoms with Gasteiger partial charge in [-0.3, -0.25) is 28.8 Å². The molecule has 6 N–H and O–H groups in total. The van der Waals surface area contributed by atoms with Crippen LogP contribution in [0.5, 0.6) is 0 Å². The number of carbonyl (C=O) groups is 6. The highest BCUT2D eigenvalue weighted by Crippen LogP contribution is 2.69. The molecule has 8 unspecified atom stereocenters. The maximum atomic E-state index is 12.0. The number of aliphatic hydroxyl groups excluding tert-OH is 2. The SMILES string of the molecule is C=C1CCC2[C@H](CN)C([C@@]3(C)CC[C@H](OC(C)=O)C[C@@H]3COC(C)=O)CC[C@]12C.C=C1CCC2[C@H](CN=[N+]=[N-])C([C@@]3(C)CC[C@H](OC(C)=O)C[C@@H]3COC(C)=O)CC[C@]12C.C=C1CCC2[C@H](CNS(C)(=O)=O)C([C@@]3(C)CC[C@H](O)C[C@@H]3CO)CC[C@]12C.C=C1CCC2[C@H](CNS(C)(=O)=O)C([C@@]3(C)CC[C@H](OC(C)=O)C[C@@H]3COC(C)=O)CC[C@]12C. The van der Waals surface area contributed by atoms with Crippen molar-refractivity contribution in [1.29, 1.82) is 0 Å². The van der Waals surface area contributed by atoms with Gasteiger partial charge in [-0.25, -0.2) is 26.3 Å². The number of aliphatic hydroxyl groups is 2. The molecule has 0 bridgehead atoms. The number of hydrogen-bond donors (Lipinski definition) is 5. The number of azide groups is 1. The third kappa shape index (κ3) is 21.9. The van der Waals surface area contributed by atoms with Gasteiger partial charge in [-0.05, 0) is 312 Å². The van der Waals surface area contributed by atoms with Gasteiger partial charge in [-0.15, -0.1) is 0 Å². The largest absolute Gasteiger partial charge is 0.466 e. The van der Waals surface area contributed by atoms with Crippen molar-refractivity contribution < 1.29 is 84.2 Å². The van der Waals surface area contributed by atoms with Crippen molar-refractivity contribution in [2.75, 3.05) is 65.1 Å². The molecule has 0 radical (unpaired) electrons. The third-order valence-corrected chi connectivity index (χ3v) is 36.8. The van der Waals surface area contributed by atoms with Crippen LogP contribution in [-0.4, -0.2) is 152 Å². The summed E-state index contributed by atoms with van der Waals surface area (Å²) in [7, 11) is -6.57. The highest BCUT2D eigenvalue weighted by Gasteiger charge is 2.62. The number of rotatable bonds is 23. The molecule has 0 aromatic carbocycles. The molecule has 28 atom stereocenters. The molecule has 12 aliphatic rings. The molecule has 680 valence electrons. The van der Waals surface area contributed by atoms with Crippen LogP contribution in [0, 0.1) is 138 Å². The average molecular weight is 1720 g/mol. The second-order valence-corrected chi connectivity index (χ2v) is 45.3. The molecule has 120 heavy (non-hydrogen) atoms. The Morgan fingerprint density at radius 2 is 0.708 bits per heavy atom. The molecule has 12 rings (SSSR count). The second kappa shape index (κ2) is 39.8. The molecule has 26 heteroatoms. The van der Waals surface area contributed by atoms with Crippen LogP contribution in [0.4, 0.5) is 0 Å². The molecule has 24 nitrogen and oxygen atoms in total. The number of sulfonamides is 2. The van der Waals surface area contributed by atoms with Gasteiger partial charge in [-0.1, -0.05) is 109 Å². The van der Waals surface area contributed by atoms with E-state index in [0.717, 1.165) is 148 Å². The molecular weight excluding hydrogens is 1570 g/mol. The smallest absolute Gasteiger partial charge is 0.302 e. The van der Waals surface area contributed by atoms with Gasteiger partial charge < -0.3 is 44.4 Å². The first kappa shape index (κ1) is 98.6. The minimum Gasteiger partial charge on any atom is -0.466 e. The van der Waals surface area contributed by atoms with E-state index in [1.54, 1.807) is 0 Å². The van der Waals surface area contributed by atoms with Crippen LogP contribution < -0.4 is 15.2 Å². The Morgan fingerprint density at radius 3 is 0.992 bits per heavy atom. The fourth-order valence-corrected chi connectivity index (χ4v) is 29.1. The molecule has 12 saturated carbocycles. The van der Waals surface area contributed by atoms with Crippen molar-refractivity contribution in [1.82, 2.24) is 9.44 Å². The zero-order chi connectivity index (χ0) is 88.8. The van der Waals surface area contributed by atoms with E-state index >= 15 is 0 Å². The number of allylic oxidation sites excluding steroid dienone is 4. The Labute approximate surface area is 719 Å². The maximum absolute atomic E-state index is 12.0. The number of ether oxygens (including phenoxy) is 6. The zero-order valence-electron chi connectivity index (χ0n) is 76.0. The molecule has 0 aromatic heterocycles. The van der Waals surface area contributed by atoms with E-state index in [4.69, 9.17) is 39.7 Å². The minimum absolute atomic E-state index is 0.0292. The number of hydrogen-bond acceptors (Lipinski definition) is 20. The lowest BCUT2D eigenvalue weighted by atomic mass is 9.49. The predicted molar refractivity (Wildman–Crippen MR) is 465 cm³/mol. The predicted octanol–water partition coefficient (Wildman–Crippen LogP) is 16.4. The number of carbonyl (C=O) groups excluding carboxylic acids is 6. The van der Waals surface area contributed by atoms with Gasteiger partial charge in [-0.2, -0.15) is 0 Å². The summed E-state index contributed by atoms with van der Waals surface area (Å²) in [5, 5.41) is 24.2. The van der Waals surface area contributed by atoms with Crippen molar-refractivity contribution >= 4 is 55.9 Å². The molecule has 12 aliphatic carbocycles. The van der Waals surface area contributed by atoms with Gasteiger partial charge in [0, 0.05) is 90.4 Å². The van der Waals surface area contributed by atoms with Crippen molar-refractivity contribution in [2.45, 2.75) is 301 Å². The Kier molecular flexibility index (Phi) is 32.7. The molecule has 0 aliphatic heterocycles. The van der Waals surface area contributed by atoms with Gasteiger partial charge >= 0.3 is 35.8 Å². The van der Waals surface area contributed by atoms with Crippen LogP contribution in [0.2, 0.25) is 0 Å². The quantitative estimate of drug-likeness (QED) is 0.0158. The van der Waals surface area contributed by atoms with Gasteiger partial charge in [0.15, 0.2) is 0 Å². The van der Waals surface area contributed by atoms with E-state index in [9.17, 15) is 55.8 Å². The first-order valence-electron chi connectivity index (χ1n) is 45.5. The highest BCUT2D eigenvalue weighted by atomic mass is 32.2. The molecule has 0 saturated heterocycles. The van der Waals surface area contributed by atoms with Crippen molar-refractivity contribution in [3.8, 4) is 0 Å². The van der Waals surface area contributed by atoms with Gasteiger partial charge in [0.1, 0.15) is 18.3 Å². The number of nitrogens with two attached hydrogens (primary N) is 1. The van der Waals surface area contributed by atoms with E-state index in [1.807, 2.05) is 0 Å². The normalized spacial score (nSPS) is 41.5. The Balaban J connectivity index is 0.000000182. The van der Waals surface area contributed by atoms with Crippen molar-refractivity contribution in [2.24, 2.45) is 149 Å². The number of esters is 6. The standard InChI is InChI=1S/C25H41NO6S.C24H37N3O4.C24H39NO4.C21H37NO4S/c1-16-7-8-22-21(14-26-33(6,29)30)23(10-12-24(16,22)4)25(5)11-9-20(32-18(3)28)13-19(25)15-31-17(2)27;1-15-6-7-21-20(13-26-27-25)22(9-11-23(15,21)4)24(5)10-8-19(31-17(3)29)12-18(24)14-30-16(2)28;1-15-6-7-21-20(13-25)22(9-11-23(15,21)4)24(5)10-8-19(29-17(3)27)12-18(24)14-28-16(2)26;1-14-5-6-18-17(12-22-27(4,25)26)19(8-10-20(14,18)2)21(3)9-7-16(24)11-15(21)13-23/h19-23,26H,1,7-15H2,2-6H3;18-22H,1,6-14H2,2-5H3;18-22H,1,6-14,25H2,2-5H3;15-19,22-24H,1,5-13H2,2-4H3/t19-,20+,21+,22?,23?,24-,25+;2*18-,19+,20+,21?,22?,23-,24+;15-,16+,17+,18?,19?,20-,21+/m1111/s1. The van der Waals surface area contributed by atoms with Gasteiger partial charge in [0.05, 0.1) is 38.4 Å². The highest BCUT2D eigenvalue weighted by molar-refractivity contribution is 7.89. The number of fused-ring (bicyclic) bond motifs is 4. The minimum atomic E-state index is -3.32. The first-order chi connectivity index (χ1) is 56.0. The van der Waals surface area contributed by atoms with Crippen LogP contribution in [0.1, 0.15) is 277 Å². The summed E-state index contributed by atoms with van der Waals surface area (Å²) in [6.07, 6.45) is 28.5. The number of nitrogens with one attached hydrogen (secondary N) is 2. The maximum Gasteiger partial charge on any atom is 0.302 e. The summed E-state index contributed by atoms with van der Waals surface area (Å²) < 4.78 is 86.4. The first-order valence-corrected chi connectivity index (χ1v) is 49.3. The molecular formula is C94H154N6O18S2. The fraction of sp³-hybridized carbons (Fsp3) is 0.851. The summed E-state index contributed by atoms with van der Waals surface area (Å²) in [4.78, 5) is 72.5. The van der Waals surface area contributed by atoms with Crippen molar-refractivity contribution in [3.63, 3.8) is 0 Å². The lowest BCUT2D eigenvalue weighted by molar-refractivity contribution is -0.161. The second-order valence-electron chi connectivity index (χ2n) is 41.6. The Hall–Kier alpha value is -5.21. The van der Waals surface area contributed by atoms with Gasteiger partial charge in [0.2, 0.25) is 20.0 Å². The van der Waals surface area contributed by atoms with Crippen LogP contribution in [-0.2, 0) is 77.2 Å². The third-order valence-electron chi connectivity index (χ3n) is 35.4. The van der Waals surface area contributed by atoms with Crippen LogP contribution in [0.15, 0.2) is 53.7 Å². The lowest BCUT2D eigenvalue weighted by Crippen LogP contribution is -2.54. The fourth-order valence-electron chi connectivity index (χ4n) is 28.1. The monoisotopic (exact) mass is 1720 g/mol. The van der Waals surface area contributed by atoms with E-state index in [2.05, 4.69) is 101 Å². The summed E-state index contributed by atoms with van der Waals surface area (Å²) >= 11 is 0. The molecule has 0 spiro atoms. The van der Waals surface area contributed by atoms with E-state index < -0.39 is 20.0 Å². The molecule has 0 aromatic rings. The molecule has 12 fully saturated rings. The zero-order valence-corrected chi connectivity index (χ0v) is 77.6. The van der Waals surface area contributed by atoms with E-state index in [-0.39, 0.29) is 158 Å². The summed E-state index contributed by atoms with van der Waals surface area (Å²) in [6.45, 7) is 47.9. The van der Waals surface area contributed by atoms with Gasteiger partial charge in [0.25, 0.3) is 0 Å².